The number of hydrogen-bond donors (Lipinski definition) is 1. The normalized spacial score (nSPS) is 11.6. The van der Waals surface area contributed by atoms with Crippen LogP contribution in [0.5, 0.6) is 0 Å². The van der Waals surface area contributed by atoms with Crippen LogP contribution in [0.4, 0.5) is 4.39 Å². The highest BCUT2D eigenvalue weighted by atomic mass is 32.2. The maximum Gasteiger partial charge on any atom is 0.243 e. The molecule has 0 fully saturated rings. The molecule has 0 saturated carbocycles. The smallest absolute Gasteiger partial charge is 0.243 e. The van der Waals surface area contributed by atoms with Crippen molar-refractivity contribution in [3.63, 3.8) is 0 Å². The first kappa shape index (κ1) is 19.9. The first-order valence-corrected chi connectivity index (χ1v) is 11.0. The maximum atomic E-state index is 12.9. The van der Waals surface area contributed by atoms with Crippen LogP contribution >= 0.6 is 23.1 Å². The molecule has 1 amide bonds. The number of nitrogens with one attached hydrogen (secondary N) is 1. The lowest BCUT2D eigenvalue weighted by molar-refractivity contribution is -0.121. The second-order valence-corrected chi connectivity index (χ2v) is 9.38. The van der Waals surface area contributed by atoms with Gasteiger partial charge in [-0.05, 0) is 35.7 Å². The first-order valence-electron chi connectivity index (χ1n) is 7.48. The van der Waals surface area contributed by atoms with E-state index in [2.05, 4.69) is 11.4 Å². The van der Waals surface area contributed by atoms with Crippen LogP contribution in [0.3, 0.4) is 0 Å². The molecule has 0 aliphatic rings. The fraction of sp³-hybridized carbons (Fsp3) is 0.312. The lowest BCUT2D eigenvalue weighted by Gasteiger charge is -2.16. The summed E-state index contributed by atoms with van der Waals surface area (Å²) >= 11 is 3.40. The zero-order valence-electron chi connectivity index (χ0n) is 13.6. The minimum atomic E-state index is -3.81. The average molecular weight is 403 g/mol. The van der Waals surface area contributed by atoms with Crippen LogP contribution in [0.15, 0.2) is 46.7 Å². The summed E-state index contributed by atoms with van der Waals surface area (Å²) in [5, 5.41) is 4.73. The van der Waals surface area contributed by atoms with Crippen molar-refractivity contribution in [2.24, 2.45) is 0 Å². The van der Waals surface area contributed by atoms with Gasteiger partial charge in [0.05, 0.1) is 11.4 Å². The summed E-state index contributed by atoms with van der Waals surface area (Å²) in [6.07, 6.45) is 0. The van der Waals surface area contributed by atoms with Crippen molar-refractivity contribution in [2.45, 2.75) is 10.6 Å². The molecule has 25 heavy (non-hydrogen) atoms. The van der Waals surface area contributed by atoms with E-state index in [0.717, 1.165) is 27.9 Å². The lowest BCUT2D eigenvalue weighted by atomic mass is 10.4. The molecule has 1 aromatic heterocycles. The Morgan fingerprint density at radius 3 is 2.64 bits per heavy atom. The third-order valence-corrected chi connectivity index (χ3v) is 7.17. The number of rotatable bonds is 9. The molecule has 0 aliphatic heterocycles. The van der Waals surface area contributed by atoms with Gasteiger partial charge in [-0.2, -0.15) is 16.1 Å². The van der Waals surface area contributed by atoms with Gasteiger partial charge in [0.2, 0.25) is 15.9 Å². The molecule has 136 valence electrons. The molecule has 0 bridgehead atoms. The molecule has 0 atom stereocenters. The summed E-state index contributed by atoms with van der Waals surface area (Å²) < 4.78 is 38.5. The largest absolute Gasteiger partial charge is 0.354 e. The van der Waals surface area contributed by atoms with Gasteiger partial charge in [0.15, 0.2) is 0 Å². The van der Waals surface area contributed by atoms with Crippen LogP contribution in [-0.4, -0.2) is 44.5 Å². The molecule has 0 radical (unpaired) electrons. The monoisotopic (exact) mass is 402 g/mol. The number of nitrogens with zero attached hydrogens (tertiary/aromatic N) is 1. The summed E-state index contributed by atoms with van der Waals surface area (Å²) in [6, 6.07) is 8.57. The van der Waals surface area contributed by atoms with Gasteiger partial charge < -0.3 is 5.32 Å². The van der Waals surface area contributed by atoms with Crippen LogP contribution in [-0.2, 0) is 20.6 Å². The zero-order chi connectivity index (χ0) is 18.3. The Balaban J connectivity index is 1.74. The summed E-state index contributed by atoms with van der Waals surface area (Å²) in [6.45, 7) is 0.189. The fourth-order valence-electron chi connectivity index (χ4n) is 1.96. The van der Waals surface area contributed by atoms with Crippen molar-refractivity contribution < 1.29 is 17.6 Å². The first-order chi connectivity index (χ1) is 11.9. The summed E-state index contributed by atoms with van der Waals surface area (Å²) in [7, 11) is -2.49. The average Bonchev–Trinajstić information content (AvgIpc) is 3.08. The number of halogens is 1. The van der Waals surface area contributed by atoms with Crippen molar-refractivity contribution >= 4 is 39.0 Å². The number of sulfonamides is 1. The van der Waals surface area contributed by atoms with Crippen molar-refractivity contribution in [3.8, 4) is 0 Å². The minimum Gasteiger partial charge on any atom is -0.354 e. The van der Waals surface area contributed by atoms with Crippen molar-refractivity contribution in [2.75, 3.05) is 25.9 Å². The predicted octanol–water partition coefficient (Wildman–Crippen LogP) is 2.56. The van der Waals surface area contributed by atoms with Crippen LogP contribution in [0, 0.1) is 5.82 Å². The topological polar surface area (TPSA) is 66.5 Å². The molecular weight excluding hydrogens is 383 g/mol. The van der Waals surface area contributed by atoms with Gasteiger partial charge in [-0.3, -0.25) is 4.79 Å². The Hall–Kier alpha value is -1.42. The quantitative estimate of drug-likeness (QED) is 0.655. The van der Waals surface area contributed by atoms with Crippen LogP contribution in [0.25, 0.3) is 0 Å². The Morgan fingerprint density at radius 2 is 2.00 bits per heavy atom. The van der Waals surface area contributed by atoms with E-state index in [1.807, 2.05) is 11.4 Å². The van der Waals surface area contributed by atoms with Crippen molar-refractivity contribution in [1.29, 1.82) is 0 Å². The van der Waals surface area contributed by atoms with E-state index in [1.165, 1.54) is 24.1 Å². The van der Waals surface area contributed by atoms with E-state index in [9.17, 15) is 17.6 Å². The van der Waals surface area contributed by atoms with Gasteiger partial charge in [0.1, 0.15) is 5.82 Å². The molecule has 0 spiro atoms. The van der Waals surface area contributed by atoms with E-state index in [1.54, 1.807) is 23.1 Å². The molecule has 0 unspecified atom stereocenters. The fourth-order valence-corrected chi connectivity index (χ4v) is 4.79. The number of carbonyl (C=O) groups is 1. The number of amides is 1. The van der Waals surface area contributed by atoms with Gasteiger partial charge in [-0.25, -0.2) is 12.8 Å². The Bertz CT molecular complexity index is 777. The molecule has 1 heterocycles. The van der Waals surface area contributed by atoms with Gasteiger partial charge in [0, 0.05) is 30.0 Å². The second-order valence-electron chi connectivity index (χ2n) is 5.20. The highest BCUT2D eigenvalue weighted by Crippen LogP contribution is 2.16. The molecular formula is C16H19FN2O3S3. The molecule has 0 saturated heterocycles. The predicted molar refractivity (Wildman–Crippen MR) is 99.7 cm³/mol. The zero-order valence-corrected chi connectivity index (χ0v) is 16.1. The molecule has 1 N–H and O–H groups in total. The van der Waals surface area contributed by atoms with Crippen LogP contribution < -0.4 is 5.32 Å². The summed E-state index contributed by atoms with van der Waals surface area (Å²) in [5.74, 6) is 0.758. The number of benzene rings is 1. The molecule has 9 heteroatoms. The second kappa shape index (κ2) is 9.33. The molecule has 1 aromatic carbocycles. The van der Waals surface area contributed by atoms with E-state index >= 15 is 0 Å². The van der Waals surface area contributed by atoms with E-state index in [0.29, 0.717) is 6.54 Å². The third-order valence-electron chi connectivity index (χ3n) is 3.28. The summed E-state index contributed by atoms with van der Waals surface area (Å²) in [5.41, 5.74) is 0. The summed E-state index contributed by atoms with van der Waals surface area (Å²) in [4.78, 5) is 13.1. The molecule has 5 nitrogen and oxygen atoms in total. The number of likely N-dealkylation sites (N-methyl/N-ethyl adjacent to an activating group) is 1. The van der Waals surface area contributed by atoms with Crippen molar-refractivity contribution in [1.82, 2.24) is 9.62 Å². The Labute approximate surface area is 155 Å². The minimum absolute atomic E-state index is 0.0456. The SMILES string of the molecule is CN(CC(=O)NCCSCc1cccs1)S(=O)(=O)c1ccc(F)cc1. The highest BCUT2D eigenvalue weighted by Gasteiger charge is 2.22. The number of thioether (sulfide) groups is 1. The number of hydrogen-bond acceptors (Lipinski definition) is 5. The number of thiophene rings is 1. The van der Waals surface area contributed by atoms with E-state index in [4.69, 9.17) is 0 Å². The Morgan fingerprint density at radius 1 is 1.28 bits per heavy atom. The Kier molecular flexibility index (Phi) is 7.42. The van der Waals surface area contributed by atoms with Gasteiger partial charge in [0.25, 0.3) is 0 Å². The molecule has 0 aliphatic carbocycles. The van der Waals surface area contributed by atoms with Crippen LogP contribution in [0.2, 0.25) is 0 Å². The van der Waals surface area contributed by atoms with E-state index in [-0.39, 0.29) is 17.3 Å². The van der Waals surface area contributed by atoms with Gasteiger partial charge >= 0.3 is 0 Å². The van der Waals surface area contributed by atoms with Gasteiger partial charge in [-0.15, -0.1) is 11.3 Å². The lowest BCUT2D eigenvalue weighted by Crippen LogP contribution is -2.39. The molecule has 2 rings (SSSR count). The molecule has 2 aromatic rings. The third kappa shape index (κ3) is 6.10. The standard InChI is InChI=1S/C16H19FN2O3S3/c1-19(25(21,22)15-6-4-13(17)5-7-15)11-16(20)18-8-10-23-12-14-3-2-9-24-14/h2-7,9H,8,10-12H2,1H3,(H,18,20). The van der Waals surface area contributed by atoms with Crippen LogP contribution in [0.1, 0.15) is 4.88 Å². The van der Waals surface area contributed by atoms with Crippen molar-refractivity contribution in [3.05, 3.63) is 52.5 Å². The van der Waals surface area contributed by atoms with Gasteiger partial charge in [-0.1, -0.05) is 6.07 Å². The maximum absolute atomic E-state index is 12.9. The van der Waals surface area contributed by atoms with E-state index < -0.39 is 15.8 Å². The highest BCUT2D eigenvalue weighted by molar-refractivity contribution is 7.98. The number of carbonyl (C=O) groups excluding carboxylic acids is 1.